The molecule has 0 unspecified atom stereocenters. The molecule has 0 saturated heterocycles. The number of rotatable bonds is 1. The molecule has 14 heavy (non-hydrogen) atoms. The third-order valence-corrected chi connectivity index (χ3v) is 3.36. The van der Waals surface area contributed by atoms with E-state index in [1.807, 2.05) is 4.84 Å². The summed E-state index contributed by atoms with van der Waals surface area (Å²) in [5.74, 6) is -0.600. The first kappa shape index (κ1) is 12.2. The number of hydrogen-bond acceptors (Lipinski definition) is 1. The van der Waals surface area contributed by atoms with Crippen LogP contribution in [0.15, 0.2) is 6.07 Å². The summed E-state index contributed by atoms with van der Waals surface area (Å²) in [6, 6.07) is 1.29. The zero-order valence-corrected chi connectivity index (χ0v) is 10.2. The van der Waals surface area contributed by atoms with Gasteiger partial charge in [0.15, 0.2) is 0 Å². The van der Waals surface area contributed by atoms with Gasteiger partial charge in [-0.3, -0.25) is 9.63 Å². The highest BCUT2D eigenvalue weighted by Crippen LogP contribution is 2.38. The number of halogens is 5. The molecule has 0 heterocycles. The van der Waals surface area contributed by atoms with Gasteiger partial charge in [-0.2, -0.15) is 0 Å². The van der Waals surface area contributed by atoms with Crippen molar-refractivity contribution in [3.05, 3.63) is 31.7 Å². The van der Waals surface area contributed by atoms with Crippen molar-refractivity contribution >= 4 is 64.1 Å². The minimum absolute atomic E-state index is 0.0132. The van der Waals surface area contributed by atoms with Crippen LogP contribution in [0.25, 0.3) is 0 Å². The maximum Gasteiger partial charge on any atom is 0.267 e. The first-order chi connectivity index (χ1) is 6.49. The fraction of sp³-hybridized carbons (Fsp3) is 0. The summed E-state index contributed by atoms with van der Waals surface area (Å²) >= 11 is 28.0. The van der Waals surface area contributed by atoms with E-state index < -0.39 is 5.91 Å². The van der Waals surface area contributed by atoms with Gasteiger partial charge >= 0.3 is 0 Å². The zero-order chi connectivity index (χ0) is 10.9. The van der Waals surface area contributed by atoms with E-state index in [1.54, 1.807) is 0 Å². The van der Waals surface area contributed by atoms with Crippen molar-refractivity contribution in [3.63, 3.8) is 0 Å². The predicted molar refractivity (Wildman–Crippen MR) is 59.8 cm³/mol. The molecule has 1 amide bonds. The highest BCUT2D eigenvalue weighted by Gasteiger charge is 2.17. The standard InChI is InChI=1S/C7H2Cl5NO/c8-3-1-2(7(14)13-12)4(9)6(11)5(3)10/h1H,(H,13,14). The molecule has 0 atom stereocenters. The Hall–Kier alpha value is 0.140. The number of amides is 1. The summed E-state index contributed by atoms with van der Waals surface area (Å²) in [6.45, 7) is 0. The van der Waals surface area contributed by atoms with Crippen LogP contribution in [0.4, 0.5) is 0 Å². The lowest BCUT2D eigenvalue weighted by Gasteiger charge is -2.06. The van der Waals surface area contributed by atoms with Gasteiger partial charge in [0.2, 0.25) is 0 Å². The largest absolute Gasteiger partial charge is 0.268 e. The monoisotopic (exact) mass is 291 g/mol. The Kier molecular flexibility index (Phi) is 4.16. The molecule has 76 valence electrons. The molecule has 0 aromatic heterocycles. The van der Waals surface area contributed by atoms with Crippen molar-refractivity contribution < 1.29 is 4.79 Å². The minimum Gasteiger partial charge on any atom is -0.268 e. The summed E-state index contributed by atoms with van der Waals surface area (Å²) in [5, 5.41) is 0.274. The van der Waals surface area contributed by atoms with E-state index in [4.69, 9.17) is 58.2 Å². The molecule has 1 N–H and O–H groups in total. The van der Waals surface area contributed by atoms with Crippen LogP contribution in [0.5, 0.6) is 0 Å². The van der Waals surface area contributed by atoms with Crippen LogP contribution in [-0.2, 0) is 0 Å². The van der Waals surface area contributed by atoms with Crippen LogP contribution in [0.1, 0.15) is 10.4 Å². The Balaban J connectivity index is 3.40. The lowest BCUT2D eigenvalue weighted by atomic mass is 10.2. The maximum absolute atomic E-state index is 11.2. The SMILES string of the molecule is O=C(NCl)c1cc(Cl)c(Cl)c(Cl)c1Cl. The molecule has 0 saturated carbocycles. The third-order valence-electron chi connectivity index (χ3n) is 1.43. The molecule has 0 radical (unpaired) electrons. The molecular weight excluding hydrogens is 291 g/mol. The fourth-order valence-corrected chi connectivity index (χ4v) is 1.78. The van der Waals surface area contributed by atoms with E-state index in [0.717, 1.165) is 0 Å². The first-order valence-corrected chi connectivity index (χ1v) is 5.12. The van der Waals surface area contributed by atoms with Crippen LogP contribution in [0.2, 0.25) is 20.1 Å². The Morgan fingerprint density at radius 1 is 1.07 bits per heavy atom. The molecule has 0 fully saturated rings. The van der Waals surface area contributed by atoms with Gasteiger partial charge in [-0.1, -0.05) is 46.4 Å². The molecular formula is C7H2Cl5NO. The van der Waals surface area contributed by atoms with E-state index in [2.05, 4.69) is 0 Å². The van der Waals surface area contributed by atoms with Gasteiger partial charge in [0.05, 0.1) is 25.7 Å². The van der Waals surface area contributed by atoms with E-state index in [0.29, 0.717) is 0 Å². The highest BCUT2D eigenvalue weighted by molar-refractivity contribution is 6.52. The third kappa shape index (κ3) is 2.20. The second kappa shape index (κ2) is 4.77. The lowest BCUT2D eigenvalue weighted by molar-refractivity contribution is 0.0982. The van der Waals surface area contributed by atoms with Gasteiger partial charge in [0.1, 0.15) is 0 Å². The molecule has 0 aliphatic heterocycles. The molecule has 1 aromatic carbocycles. The topological polar surface area (TPSA) is 29.1 Å². The Labute approximate surface area is 105 Å². The number of hydrogen-bond donors (Lipinski definition) is 1. The summed E-state index contributed by atoms with van der Waals surface area (Å²) in [4.78, 5) is 13.0. The molecule has 0 aliphatic carbocycles. The van der Waals surface area contributed by atoms with E-state index in [1.165, 1.54) is 6.07 Å². The fourth-order valence-electron chi connectivity index (χ4n) is 0.789. The van der Waals surface area contributed by atoms with Crippen LogP contribution in [-0.4, -0.2) is 5.91 Å². The molecule has 7 heteroatoms. The average Bonchev–Trinajstić information content (AvgIpc) is 2.19. The summed E-state index contributed by atoms with van der Waals surface area (Å²) in [6.07, 6.45) is 0. The van der Waals surface area contributed by atoms with Crippen molar-refractivity contribution in [2.45, 2.75) is 0 Å². The van der Waals surface area contributed by atoms with Gasteiger partial charge in [0, 0.05) is 11.8 Å². The smallest absolute Gasteiger partial charge is 0.267 e. The first-order valence-electron chi connectivity index (χ1n) is 3.23. The Bertz CT molecular complexity index is 392. The lowest BCUT2D eigenvalue weighted by Crippen LogP contribution is -2.13. The van der Waals surface area contributed by atoms with Gasteiger partial charge in [-0.15, -0.1) is 0 Å². The molecule has 0 bridgehead atoms. The minimum atomic E-state index is -0.600. The number of carbonyl (C=O) groups excluding carboxylic acids is 1. The van der Waals surface area contributed by atoms with Gasteiger partial charge < -0.3 is 0 Å². The summed E-state index contributed by atoms with van der Waals surface area (Å²) in [5.41, 5.74) is 0.0704. The van der Waals surface area contributed by atoms with Crippen molar-refractivity contribution in [1.82, 2.24) is 4.84 Å². The van der Waals surface area contributed by atoms with Crippen LogP contribution >= 0.6 is 58.2 Å². The second-order valence-electron chi connectivity index (χ2n) is 2.27. The van der Waals surface area contributed by atoms with E-state index in [-0.39, 0.29) is 25.7 Å². The summed E-state index contributed by atoms with van der Waals surface area (Å²) in [7, 11) is 0. The highest BCUT2D eigenvalue weighted by atomic mass is 35.5. The van der Waals surface area contributed by atoms with Crippen LogP contribution < -0.4 is 4.84 Å². The Morgan fingerprint density at radius 3 is 2.14 bits per heavy atom. The number of nitrogens with one attached hydrogen (secondary N) is 1. The van der Waals surface area contributed by atoms with Crippen LogP contribution in [0, 0.1) is 0 Å². The zero-order valence-electron chi connectivity index (χ0n) is 6.38. The van der Waals surface area contributed by atoms with Crippen molar-refractivity contribution in [2.24, 2.45) is 0 Å². The Morgan fingerprint density at radius 2 is 1.64 bits per heavy atom. The van der Waals surface area contributed by atoms with E-state index >= 15 is 0 Å². The quantitative estimate of drug-likeness (QED) is 0.469. The molecule has 2 nitrogen and oxygen atoms in total. The van der Waals surface area contributed by atoms with Gasteiger partial charge in [0.25, 0.3) is 5.91 Å². The van der Waals surface area contributed by atoms with Crippen molar-refractivity contribution in [2.75, 3.05) is 0 Å². The van der Waals surface area contributed by atoms with E-state index in [9.17, 15) is 4.79 Å². The van der Waals surface area contributed by atoms with Gasteiger partial charge in [-0.05, 0) is 6.07 Å². The second-order valence-corrected chi connectivity index (χ2v) is 4.00. The normalized spacial score (nSPS) is 10.1. The van der Waals surface area contributed by atoms with Gasteiger partial charge in [-0.25, -0.2) is 0 Å². The molecule has 0 aliphatic rings. The molecule has 1 rings (SSSR count). The number of carbonyl (C=O) groups is 1. The van der Waals surface area contributed by atoms with Crippen molar-refractivity contribution in [3.8, 4) is 0 Å². The maximum atomic E-state index is 11.2. The molecule has 1 aromatic rings. The van der Waals surface area contributed by atoms with Crippen LogP contribution in [0.3, 0.4) is 0 Å². The number of benzene rings is 1. The predicted octanol–water partition coefficient (Wildman–Crippen LogP) is 4.18. The molecule has 0 spiro atoms. The summed E-state index contributed by atoms with van der Waals surface area (Å²) < 4.78 is 0. The average molecular weight is 293 g/mol. The van der Waals surface area contributed by atoms with Crippen molar-refractivity contribution in [1.29, 1.82) is 0 Å².